The number of rotatable bonds is 7. The van der Waals surface area contributed by atoms with E-state index in [1.54, 1.807) is 6.08 Å². The van der Waals surface area contributed by atoms with Gasteiger partial charge >= 0.3 is 0 Å². The Balaban J connectivity index is 1.98. The molecule has 0 aromatic heterocycles. The zero-order valence-corrected chi connectivity index (χ0v) is 15.3. The first kappa shape index (κ1) is 19.0. The van der Waals surface area contributed by atoms with E-state index >= 15 is 0 Å². The monoisotopic (exact) mass is 343 g/mol. The zero-order chi connectivity index (χ0) is 18.2. The van der Waals surface area contributed by atoms with Crippen molar-refractivity contribution >= 4 is 17.5 Å². The van der Waals surface area contributed by atoms with Gasteiger partial charge in [0.15, 0.2) is 0 Å². The number of carbonyl (C=O) groups is 2. The minimum absolute atomic E-state index is 0.0623. The van der Waals surface area contributed by atoms with Crippen molar-refractivity contribution in [2.75, 3.05) is 24.5 Å². The molecule has 1 aliphatic heterocycles. The number of carbonyl (C=O) groups excluding carboxylic acids is 2. The maximum atomic E-state index is 12.3. The van der Waals surface area contributed by atoms with Gasteiger partial charge in [0, 0.05) is 37.3 Å². The topological polar surface area (TPSA) is 61.4 Å². The summed E-state index contributed by atoms with van der Waals surface area (Å²) >= 11 is 0. The second-order valence-corrected chi connectivity index (χ2v) is 6.60. The molecular weight excluding hydrogens is 314 g/mol. The highest BCUT2D eigenvalue weighted by atomic mass is 16.2. The van der Waals surface area contributed by atoms with Gasteiger partial charge < -0.3 is 15.5 Å². The van der Waals surface area contributed by atoms with Gasteiger partial charge in [0.1, 0.15) is 0 Å². The number of anilines is 1. The fourth-order valence-electron chi connectivity index (χ4n) is 3.00. The van der Waals surface area contributed by atoms with E-state index < -0.39 is 0 Å². The standard InChI is InChI=1S/C20H29N3O2/c1-4-12-21-20(25)17-8-6-7-9-18(17)23-13-10-16(11-14-23)22-19(24)15(3)5-2/h4,6-9,15-16H,1,5,10-14H2,2-3H3,(H,21,25)(H,22,24)/t15-/m0/s1. The highest BCUT2D eigenvalue weighted by Crippen LogP contribution is 2.24. The first-order valence-corrected chi connectivity index (χ1v) is 9.10. The summed E-state index contributed by atoms with van der Waals surface area (Å²) < 4.78 is 0. The normalized spacial score (nSPS) is 16.2. The first-order chi connectivity index (χ1) is 12.1. The lowest BCUT2D eigenvalue weighted by Crippen LogP contribution is -2.46. The highest BCUT2D eigenvalue weighted by Gasteiger charge is 2.24. The molecule has 1 aromatic rings. The van der Waals surface area contributed by atoms with E-state index in [0.29, 0.717) is 12.1 Å². The molecule has 5 nitrogen and oxygen atoms in total. The van der Waals surface area contributed by atoms with Gasteiger partial charge in [0.05, 0.1) is 5.56 Å². The van der Waals surface area contributed by atoms with E-state index in [0.717, 1.165) is 38.0 Å². The van der Waals surface area contributed by atoms with E-state index in [1.807, 2.05) is 38.1 Å². The van der Waals surface area contributed by atoms with Crippen LogP contribution in [0.1, 0.15) is 43.5 Å². The smallest absolute Gasteiger partial charge is 0.253 e. The molecule has 5 heteroatoms. The van der Waals surface area contributed by atoms with Crippen LogP contribution in [-0.4, -0.2) is 37.5 Å². The van der Waals surface area contributed by atoms with E-state index in [-0.39, 0.29) is 23.8 Å². The molecule has 1 atom stereocenters. The summed E-state index contributed by atoms with van der Waals surface area (Å²) in [7, 11) is 0. The lowest BCUT2D eigenvalue weighted by atomic mass is 10.0. The molecule has 25 heavy (non-hydrogen) atoms. The average molecular weight is 343 g/mol. The molecule has 1 aliphatic rings. The van der Waals surface area contributed by atoms with Crippen LogP contribution in [0.5, 0.6) is 0 Å². The highest BCUT2D eigenvalue weighted by molar-refractivity contribution is 5.99. The van der Waals surface area contributed by atoms with Crippen LogP contribution in [0, 0.1) is 5.92 Å². The van der Waals surface area contributed by atoms with Crippen molar-refractivity contribution in [3.05, 3.63) is 42.5 Å². The van der Waals surface area contributed by atoms with Crippen LogP contribution in [-0.2, 0) is 4.79 Å². The Morgan fingerprint density at radius 2 is 2.00 bits per heavy atom. The summed E-state index contributed by atoms with van der Waals surface area (Å²) in [4.78, 5) is 26.6. The van der Waals surface area contributed by atoms with Crippen molar-refractivity contribution < 1.29 is 9.59 Å². The predicted molar refractivity (Wildman–Crippen MR) is 102 cm³/mol. The van der Waals surface area contributed by atoms with Crippen LogP contribution >= 0.6 is 0 Å². The molecule has 1 heterocycles. The third-order valence-corrected chi connectivity index (χ3v) is 4.80. The number of para-hydroxylation sites is 1. The number of nitrogens with one attached hydrogen (secondary N) is 2. The van der Waals surface area contributed by atoms with Crippen LogP contribution in [0.15, 0.2) is 36.9 Å². The van der Waals surface area contributed by atoms with Crippen molar-refractivity contribution in [3.63, 3.8) is 0 Å². The van der Waals surface area contributed by atoms with Crippen LogP contribution in [0.4, 0.5) is 5.69 Å². The number of piperidine rings is 1. The van der Waals surface area contributed by atoms with Crippen LogP contribution < -0.4 is 15.5 Å². The molecule has 0 unspecified atom stereocenters. The van der Waals surface area contributed by atoms with Gasteiger partial charge in [-0.3, -0.25) is 9.59 Å². The van der Waals surface area contributed by atoms with Gasteiger partial charge in [-0.2, -0.15) is 0 Å². The summed E-state index contributed by atoms with van der Waals surface area (Å²) in [5.74, 6) is 0.125. The molecule has 0 saturated carbocycles. The quantitative estimate of drug-likeness (QED) is 0.749. The summed E-state index contributed by atoms with van der Waals surface area (Å²) in [6.07, 6.45) is 4.32. The number of benzene rings is 1. The average Bonchev–Trinajstić information content (AvgIpc) is 2.66. The molecule has 2 amide bonds. The van der Waals surface area contributed by atoms with Gasteiger partial charge in [0.25, 0.3) is 5.91 Å². The zero-order valence-electron chi connectivity index (χ0n) is 15.3. The van der Waals surface area contributed by atoms with Crippen LogP contribution in [0.2, 0.25) is 0 Å². The SMILES string of the molecule is C=CCNC(=O)c1ccccc1N1CCC(NC(=O)[C@@H](C)CC)CC1. The van der Waals surface area contributed by atoms with Crippen LogP contribution in [0.3, 0.4) is 0 Å². The van der Waals surface area contributed by atoms with Crippen molar-refractivity contribution in [1.29, 1.82) is 0 Å². The van der Waals surface area contributed by atoms with Crippen LogP contribution in [0.25, 0.3) is 0 Å². The van der Waals surface area contributed by atoms with Crippen molar-refractivity contribution in [1.82, 2.24) is 10.6 Å². The third kappa shape index (κ3) is 5.08. The second-order valence-electron chi connectivity index (χ2n) is 6.60. The Hall–Kier alpha value is -2.30. The Morgan fingerprint density at radius 3 is 2.64 bits per heavy atom. The van der Waals surface area contributed by atoms with E-state index in [2.05, 4.69) is 22.1 Å². The molecule has 0 bridgehead atoms. The molecule has 1 aromatic carbocycles. The van der Waals surface area contributed by atoms with Crippen molar-refractivity contribution in [3.8, 4) is 0 Å². The molecule has 1 saturated heterocycles. The van der Waals surface area contributed by atoms with Gasteiger partial charge in [-0.25, -0.2) is 0 Å². The molecule has 0 spiro atoms. The molecule has 2 N–H and O–H groups in total. The lowest BCUT2D eigenvalue weighted by molar-refractivity contribution is -0.125. The minimum atomic E-state index is -0.0808. The number of hydrogen-bond donors (Lipinski definition) is 2. The second kappa shape index (κ2) is 9.25. The molecule has 0 radical (unpaired) electrons. The van der Waals surface area contributed by atoms with Crippen molar-refractivity contribution in [2.24, 2.45) is 5.92 Å². The number of nitrogens with zero attached hydrogens (tertiary/aromatic N) is 1. The fourth-order valence-corrected chi connectivity index (χ4v) is 3.00. The van der Waals surface area contributed by atoms with Gasteiger partial charge in [-0.1, -0.05) is 32.1 Å². The van der Waals surface area contributed by atoms with Gasteiger partial charge in [-0.15, -0.1) is 6.58 Å². The first-order valence-electron chi connectivity index (χ1n) is 9.10. The maximum absolute atomic E-state index is 12.3. The minimum Gasteiger partial charge on any atom is -0.371 e. The van der Waals surface area contributed by atoms with E-state index in [4.69, 9.17) is 0 Å². The Kier molecular flexibility index (Phi) is 7.04. The summed E-state index contributed by atoms with van der Waals surface area (Å²) in [5, 5.41) is 5.99. The Bertz CT molecular complexity index is 607. The van der Waals surface area contributed by atoms with Crippen molar-refractivity contribution in [2.45, 2.75) is 39.2 Å². The van der Waals surface area contributed by atoms with E-state index in [9.17, 15) is 9.59 Å². The largest absolute Gasteiger partial charge is 0.371 e. The summed E-state index contributed by atoms with van der Waals surface area (Å²) in [6, 6.07) is 7.90. The Morgan fingerprint density at radius 1 is 1.32 bits per heavy atom. The van der Waals surface area contributed by atoms with E-state index in [1.165, 1.54) is 0 Å². The third-order valence-electron chi connectivity index (χ3n) is 4.80. The predicted octanol–water partition coefficient (Wildman–Crippen LogP) is 2.73. The molecule has 2 rings (SSSR count). The van der Waals surface area contributed by atoms with Gasteiger partial charge in [0.2, 0.25) is 5.91 Å². The molecule has 136 valence electrons. The molecular formula is C20H29N3O2. The number of hydrogen-bond acceptors (Lipinski definition) is 3. The summed E-state index contributed by atoms with van der Waals surface area (Å²) in [5.41, 5.74) is 1.64. The van der Waals surface area contributed by atoms with Gasteiger partial charge in [-0.05, 0) is 31.4 Å². The molecule has 1 fully saturated rings. The number of amides is 2. The maximum Gasteiger partial charge on any atom is 0.253 e. The summed E-state index contributed by atoms with van der Waals surface area (Å²) in [6.45, 7) is 9.74. The fraction of sp³-hybridized carbons (Fsp3) is 0.500. The Labute approximate surface area is 150 Å². The lowest BCUT2D eigenvalue weighted by Gasteiger charge is -2.35. The molecule has 0 aliphatic carbocycles.